The average molecular weight is 358 g/mol. The lowest BCUT2D eigenvalue weighted by Crippen LogP contribution is -2.14. The van der Waals surface area contributed by atoms with E-state index in [1.165, 1.54) is 11.5 Å². The minimum atomic E-state index is 0.527. The average Bonchev–Trinajstić information content (AvgIpc) is 2.80. The van der Waals surface area contributed by atoms with Crippen LogP contribution in [0.3, 0.4) is 0 Å². The molecule has 0 saturated carbocycles. The largest absolute Gasteiger partial charge is 0.443 e. The monoisotopic (exact) mass is 357 g/mol. The number of benzene rings is 1. The Balaban J connectivity index is 2.26. The molecule has 22 heavy (non-hydrogen) atoms. The maximum atomic E-state index is 6.28. The van der Waals surface area contributed by atoms with Crippen molar-refractivity contribution in [1.29, 1.82) is 0 Å². The summed E-state index contributed by atoms with van der Waals surface area (Å²) < 4.78 is 9.98. The fraction of sp³-hybridized carbons (Fsp3) is 0.333. The minimum Gasteiger partial charge on any atom is -0.443 e. The van der Waals surface area contributed by atoms with Gasteiger partial charge >= 0.3 is 0 Å². The van der Waals surface area contributed by atoms with Crippen LogP contribution in [0.15, 0.2) is 17.1 Å². The van der Waals surface area contributed by atoms with Gasteiger partial charge in [0.15, 0.2) is 0 Å². The van der Waals surface area contributed by atoms with E-state index >= 15 is 0 Å². The Morgan fingerprint density at radius 2 is 2.09 bits per heavy atom. The molecule has 0 atom stereocenters. The lowest BCUT2D eigenvalue weighted by atomic mass is 10.2. The Bertz CT molecular complexity index is 700. The number of hydrogen-bond acceptors (Lipinski definition) is 4. The van der Waals surface area contributed by atoms with Crippen LogP contribution in [0, 0.1) is 13.8 Å². The minimum absolute atomic E-state index is 0.527. The van der Waals surface area contributed by atoms with E-state index < -0.39 is 0 Å². The first kappa shape index (κ1) is 17.1. The van der Waals surface area contributed by atoms with Crippen LogP contribution >= 0.6 is 34.7 Å². The summed E-state index contributed by atoms with van der Waals surface area (Å²) in [5, 5.41) is 1.63. The number of rotatable bonds is 5. The lowest BCUT2D eigenvalue weighted by molar-refractivity contribution is 0.492. The first-order valence-electron chi connectivity index (χ1n) is 6.76. The smallest absolute Gasteiger partial charge is 0.218 e. The van der Waals surface area contributed by atoms with Gasteiger partial charge in [0, 0.05) is 31.2 Å². The molecule has 1 aromatic heterocycles. The molecule has 1 aromatic carbocycles. The SMILES string of the molecule is CCN(C)/C=N\c1cc(C)c(Oc2snc(C)c2Cl)cc1Cl. The molecule has 2 rings (SSSR count). The van der Waals surface area contributed by atoms with E-state index in [0.717, 1.165) is 17.8 Å². The standard InChI is InChI=1S/C15H17Cl2N3OS/c1-5-20(4)8-18-12-6-9(2)13(7-11(12)16)21-15-14(17)10(3)19-22-15/h6-8H,5H2,1-4H3/b18-8-. The highest BCUT2D eigenvalue weighted by atomic mass is 35.5. The predicted molar refractivity (Wildman–Crippen MR) is 94.6 cm³/mol. The third-order valence-electron chi connectivity index (χ3n) is 3.10. The van der Waals surface area contributed by atoms with E-state index in [-0.39, 0.29) is 0 Å². The van der Waals surface area contributed by atoms with Gasteiger partial charge < -0.3 is 9.64 Å². The molecular weight excluding hydrogens is 341 g/mol. The van der Waals surface area contributed by atoms with Crippen LogP contribution in [-0.2, 0) is 0 Å². The van der Waals surface area contributed by atoms with Crippen molar-refractivity contribution in [2.24, 2.45) is 4.99 Å². The quantitative estimate of drug-likeness (QED) is 0.525. The van der Waals surface area contributed by atoms with Gasteiger partial charge in [0.25, 0.3) is 0 Å². The van der Waals surface area contributed by atoms with Crippen molar-refractivity contribution >= 4 is 46.8 Å². The van der Waals surface area contributed by atoms with E-state index in [0.29, 0.717) is 26.5 Å². The summed E-state index contributed by atoms with van der Waals surface area (Å²) in [7, 11) is 1.95. The number of halogens is 2. The second-order valence-electron chi connectivity index (χ2n) is 4.86. The molecule has 0 aliphatic rings. The zero-order valence-electron chi connectivity index (χ0n) is 12.9. The molecule has 0 saturated heterocycles. The molecule has 1 heterocycles. The molecule has 0 amide bonds. The van der Waals surface area contributed by atoms with Crippen molar-refractivity contribution in [1.82, 2.24) is 9.27 Å². The second kappa shape index (κ2) is 7.31. The van der Waals surface area contributed by atoms with E-state index in [1.807, 2.05) is 31.9 Å². The highest BCUT2D eigenvalue weighted by molar-refractivity contribution is 7.08. The van der Waals surface area contributed by atoms with Gasteiger partial charge in [-0.05, 0) is 32.4 Å². The summed E-state index contributed by atoms with van der Waals surface area (Å²) in [6, 6.07) is 3.64. The van der Waals surface area contributed by atoms with Crippen molar-refractivity contribution in [3.05, 3.63) is 33.4 Å². The van der Waals surface area contributed by atoms with Crippen LogP contribution in [0.1, 0.15) is 18.2 Å². The summed E-state index contributed by atoms with van der Waals surface area (Å²) in [4.78, 5) is 6.35. The van der Waals surface area contributed by atoms with Crippen LogP contribution in [0.2, 0.25) is 10.0 Å². The van der Waals surface area contributed by atoms with Gasteiger partial charge in [0.2, 0.25) is 5.06 Å². The third kappa shape index (κ3) is 3.91. The van der Waals surface area contributed by atoms with Crippen molar-refractivity contribution in [2.75, 3.05) is 13.6 Å². The number of ether oxygens (including phenoxy) is 1. The molecule has 0 spiro atoms. The number of aliphatic imine (C=N–C) groups is 1. The Labute approximate surface area is 144 Å². The van der Waals surface area contributed by atoms with Crippen LogP contribution in [-0.4, -0.2) is 29.2 Å². The van der Waals surface area contributed by atoms with E-state index in [1.54, 1.807) is 12.4 Å². The van der Waals surface area contributed by atoms with E-state index in [2.05, 4.69) is 16.3 Å². The molecule has 0 N–H and O–H groups in total. The highest BCUT2D eigenvalue weighted by Crippen LogP contribution is 2.39. The van der Waals surface area contributed by atoms with Gasteiger partial charge in [-0.2, -0.15) is 4.37 Å². The summed E-state index contributed by atoms with van der Waals surface area (Å²) in [5.41, 5.74) is 2.39. The summed E-state index contributed by atoms with van der Waals surface area (Å²) in [6.07, 6.45) is 1.75. The fourth-order valence-electron chi connectivity index (χ4n) is 1.60. The van der Waals surface area contributed by atoms with Gasteiger partial charge in [-0.1, -0.05) is 23.2 Å². The zero-order chi connectivity index (χ0) is 16.3. The molecule has 0 bridgehead atoms. The first-order chi connectivity index (χ1) is 10.4. The van der Waals surface area contributed by atoms with Gasteiger partial charge in [0.05, 0.1) is 22.7 Å². The van der Waals surface area contributed by atoms with Crippen molar-refractivity contribution in [3.8, 4) is 10.8 Å². The van der Waals surface area contributed by atoms with E-state index in [4.69, 9.17) is 27.9 Å². The number of nitrogens with zero attached hydrogens (tertiary/aromatic N) is 3. The summed E-state index contributed by atoms with van der Waals surface area (Å²) in [6.45, 7) is 6.71. The molecular formula is C15H17Cl2N3OS. The number of aryl methyl sites for hydroxylation is 2. The maximum absolute atomic E-state index is 6.28. The Morgan fingerprint density at radius 3 is 2.68 bits per heavy atom. The van der Waals surface area contributed by atoms with Gasteiger partial charge in [-0.3, -0.25) is 0 Å². The fourth-order valence-corrected chi connectivity index (χ4v) is 2.70. The number of hydrogen-bond donors (Lipinski definition) is 0. The van der Waals surface area contributed by atoms with Crippen molar-refractivity contribution in [3.63, 3.8) is 0 Å². The topological polar surface area (TPSA) is 37.7 Å². The molecule has 4 nitrogen and oxygen atoms in total. The molecule has 118 valence electrons. The number of aromatic nitrogens is 1. The van der Waals surface area contributed by atoms with Crippen molar-refractivity contribution in [2.45, 2.75) is 20.8 Å². The van der Waals surface area contributed by atoms with Gasteiger partial charge in [-0.25, -0.2) is 4.99 Å². The Hall–Kier alpha value is -1.30. The lowest BCUT2D eigenvalue weighted by Gasteiger charge is -2.11. The Kier molecular flexibility index (Phi) is 5.67. The first-order valence-corrected chi connectivity index (χ1v) is 8.29. The van der Waals surface area contributed by atoms with Crippen LogP contribution in [0.25, 0.3) is 0 Å². The van der Waals surface area contributed by atoms with Crippen molar-refractivity contribution < 1.29 is 4.74 Å². The summed E-state index contributed by atoms with van der Waals surface area (Å²) in [5.74, 6) is 0.651. The molecule has 0 radical (unpaired) electrons. The van der Waals surface area contributed by atoms with Crippen LogP contribution in [0.4, 0.5) is 5.69 Å². The predicted octanol–water partition coefficient (Wildman–Crippen LogP) is 5.47. The molecule has 0 fully saturated rings. The van der Waals surface area contributed by atoms with Gasteiger partial charge in [0.1, 0.15) is 10.8 Å². The molecule has 0 aliphatic carbocycles. The second-order valence-corrected chi connectivity index (χ2v) is 6.38. The Morgan fingerprint density at radius 1 is 1.36 bits per heavy atom. The van der Waals surface area contributed by atoms with Gasteiger partial charge in [-0.15, -0.1) is 0 Å². The summed E-state index contributed by atoms with van der Waals surface area (Å²) >= 11 is 13.6. The molecule has 0 aliphatic heterocycles. The maximum Gasteiger partial charge on any atom is 0.218 e. The van der Waals surface area contributed by atoms with Crippen LogP contribution < -0.4 is 4.74 Å². The molecule has 7 heteroatoms. The third-order valence-corrected chi connectivity index (χ3v) is 4.78. The van der Waals surface area contributed by atoms with Crippen LogP contribution in [0.5, 0.6) is 10.8 Å². The molecule has 2 aromatic rings. The normalized spacial score (nSPS) is 11.2. The van der Waals surface area contributed by atoms with E-state index in [9.17, 15) is 0 Å². The molecule has 0 unspecified atom stereocenters. The zero-order valence-corrected chi connectivity index (χ0v) is 15.2. The highest BCUT2D eigenvalue weighted by Gasteiger charge is 2.13.